The molecule has 10 heteroatoms. The van der Waals surface area contributed by atoms with Crippen molar-refractivity contribution in [3.8, 4) is 5.75 Å². The second-order valence-electron chi connectivity index (χ2n) is 8.92. The lowest BCUT2D eigenvalue weighted by Crippen LogP contribution is -2.32. The summed E-state index contributed by atoms with van der Waals surface area (Å²) < 4.78 is 77.0. The van der Waals surface area contributed by atoms with Gasteiger partial charge in [-0.15, -0.1) is 0 Å². The first-order valence-electron chi connectivity index (χ1n) is 12.1. The van der Waals surface area contributed by atoms with Gasteiger partial charge >= 0.3 is 0 Å². The molecule has 37 heavy (non-hydrogen) atoms. The second kappa shape index (κ2) is 12.2. The zero-order chi connectivity index (χ0) is 26.4. The molecular formula is C27H28ClF3N2O3S. The van der Waals surface area contributed by atoms with Crippen LogP contribution in [-0.2, 0) is 16.6 Å². The summed E-state index contributed by atoms with van der Waals surface area (Å²) in [6.07, 6.45) is 4.34. The van der Waals surface area contributed by atoms with Crippen LogP contribution in [0.25, 0.3) is 0 Å². The van der Waals surface area contributed by atoms with Gasteiger partial charge in [0.15, 0.2) is 0 Å². The van der Waals surface area contributed by atoms with E-state index in [1.807, 2.05) is 0 Å². The van der Waals surface area contributed by atoms with E-state index in [2.05, 4.69) is 4.90 Å². The largest absolute Gasteiger partial charge is 0.493 e. The molecule has 0 N–H and O–H groups in total. The van der Waals surface area contributed by atoms with Crippen molar-refractivity contribution in [3.05, 3.63) is 88.7 Å². The first kappa shape index (κ1) is 27.3. The number of anilines is 1. The van der Waals surface area contributed by atoms with E-state index in [1.54, 1.807) is 0 Å². The minimum atomic E-state index is -4.39. The zero-order valence-electron chi connectivity index (χ0n) is 20.2. The van der Waals surface area contributed by atoms with Crippen LogP contribution < -0.4 is 9.04 Å². The topological polar surface area (TPSA) is 49.9 Å². The molecule has 3 aromatic carbocycles. The van der Waals surface area contributed by atoms with Crippen LogP contribution in [0.5, 0.6) is 5.75 Å². The highest BCUT2D eigenvalue weighted by molar-refractivity contribution is 7.92. The molecule has 0 spiro atoms. The number of sulfonamides is 1. The molecule has 0 bridgehead atoms. The number of benzene rings is 3. The van der Waals surface area contributed by atoms with Crippen LogP contribution in [0.2, 0.25) is 5.02 Å². The lowest BCUT2D eigenvalue weighted by atomic mass is 10.1. The van der Waals surface area contributed by atoms with Crippen molar-refractivity contribution in [2.45, 2.75) is 37.1 Å². The van der Waals surface area contributed by atoms with Gasteiger partial charge in [-0.1, -0.05) is 18.0 Å². The van der Waals surface area contributed by atoms with Gasteiger partial charge in [-0.3, -0.25) is 4.31 Å². The van der Waals surface area contributed by atoms with Gasteiger partial charge in [0.1, 0.15) is 23.2 Å². The Kier molecular flexibility index (Phi) is 9.00. The van der Waals surface area contributed by atoms with Gasteiger partial charge in [0.2, 0.25) is 0 Å². The molecule has 1 heterocycles. The highest BCUT2D eigenvalue weighted by atomic mass is 35.5. The van der Waals surface area contributed by atoms with Gasteiger partial charge in [0.25, 0.3) is 10.0 Å². The van der Waals surface area contributed by atoms with E-state index in [-0.39, 0.29) is 16.2 Å². The normalized spacial score (nSPS) is 14.5. The van der Waals surface area contributed by atoms with Gasteiger partial charge in [0, 0.05) is 23.2 Å². The Morgan fingerprint density at radius 2 is 1.57 bits per heavy atom. The minimum absolute atomic E-state index is 0.180. The minimum Gasteiger partial charge on any atom is -0.493 e. The monoisotopic (exact) mass is 552 g/mol. The van der Waals surface area contributed by atoms with Crippen molar-refractivity contribution in [1.82, 2.24) is 4.90 Å². The molecule has 3 aromatic rings. The molecule has 198 valence electrons. The van der Waals surface area contributed by atoms with E-state index in [9.17, 15) is 21.6 Å². The van der Waals surface area contributed by atoms with E-state index >= 15 is 0 Å². The molecule has 0 aromatic heterocycles. The summed E-state index contributed by atoms with van der Waals surface area (Å²) in [5.41, 5.74) is -0.325. The summed E-state index contributed by atoms with van der Waals surface area (Å²) >= 11 is 5.90. The Morgan fingerprint density at radius 1 is 0.892 bits per heavy atom. The number of hydrogen-bond donors (Lipinski definition) is 0. The quantitative estimate of drug-likeness (QED) is 0.273. The number of halogens is 4. The molecule has 0 atom stereocenters. The van der Waals surface area contributed by atoms with Gasteiger partial charge in [-0.2, -0.15) is 0 Å². The summed E-state index contributed by atoms with van der Waals surface area (Å²) in [4.78, 5) is 2.19. The molecule has 5 nitrogen and oxygen atoms in total. The van der Waals surface area contributed by atoms with E-state index in [0.717, 1.165) is 50.3 Å². The average molecular weight is 553 g/mol. The molecule has 0 aliphatic carbocycles. The third-order valence-electron chi connectivity index (χ3n) is 6.24. The zero-order valence-corrected chi connectivity index (χ0v) is 21.7. The molecule has 1 aliphatic rings. The number of hydrogen-bond acceptors (Lipinski definition) is 4. The number of nitrogens with zero attached hydrogens (tertiary/aromatic N) is 2. The van der Waals surface area contributed by atoms with Crippen molar-refractivity contribution in [1.29, 1.82) is 0 Å². The number of piperidine rings is 1. The molecule has 0 amide bonds. The van der Waals surface area contributed by atoms with Crippen LogP contribution in [0.3, 0.4) is 0 Å². The van der Waals surface area contributed by atoms with Gasteiger partial charge in [-0.05, 0) is 86.9 Å². The maximum absolute atomic E-state index is 14.8. The number of likely N-dealkylation sites (tertiary alicyclic amines) is 1. The predicted molar refractivity (Wildman–Crippen MR) is 138 cm³/mol. The molecular weight excluding hydrogens is 525 g/mol. The predicted octanol–water partition coefficient (Wildman–Crippen LogP) is 6.41. The van der Waals surface area contributed by atoms with E-state index in [1.165, 1.54) is 55.7 Å². The SMILES string of the molecule is O=S(=O)(c1ccc(Cl)cc1)N(Cc1cc(F)ccc1OCCCN1CCCCC1)c1cc(F)ccc1F. The van der Waals surface area contributed by atoms with E-state index < -0.39 is 39.7 Å². The maximum Gasteiger partial charge on any atom is 0.264 e. The molecule has 1 saturated heterocycles. The van der Waals surface area contributed by atoms with Crippen molar-refractivity contribution in [3.63, 3.8) is 0 Å². The smallest absolute Gasteiger partial charge is 0.264 e. The fraction of sp³-hybridized carbons (Fsp3) is 0.333. The summed E-state index contributed by atoms with van der Waals surface area (Å²) in [7, 11) is -4.39. The van der Waals surface area contributed by atoms with Crippen molar-refractivity contribution in [2.24, 2.45) is 0 Å². The summed E-state index contributed by atoms with van der Waals surface area (Å²) in [6, 6.07) is 11.6. The molecule has 0 unspecified atom stereocenters. The first-order valence-corrected chi connectivity index (χ1v) is 13.9. The third kappa shape index (κ3) is 6.97. The third-order valence-corrected chi connectivity index (χ3v) is 8.27. The average Bonchev–Trinajstić information content (AvgIpc) is 2.88. The molecule has 0 radical (unpaired) electrons. The molecule has 1 fully saturated rings. The number of ether oxygens (including phenoxy) is 1. The van der Waals surface area contributed by atoms with Gasteiger partial charge < -0.3 is 9.64 Å². The van der Waals surface area contributed by atoms with Crippen LogP contribution in [-0.4, -0.2) is 39.6 Å². The fourth-order valence-electron chi connectivity index (χ4n) is 4.33. The fourth-order valence-corrected chi connectivity index (χ4v) is 5.90. The van der Waals surface area contributed by atoms with Crippen LogP contribution in [0, 0.1) is 17.5 Å². The summed E-state index contributed by atoms with van der Waals surface area (Å²) in [6.45, 7) is 2.83. The van der Waals surface area contributed by atoms with Crippen LogP contribution in [0.4, 0.5) is 18.9 Å². The molecule has 4 rings (SSSR count). The summed E-state index contributed by atoms with van der Waals surface area (Å²) in [5.74, 6) is -2.10. The second-order valence-corrected chi connectivity index (χ2v) is 11.2. The Labute approximate surface area is 220 Å². The van der Waals surface area contributed by atoms with Crippen LogP contribution >= 0.6 is 11.6 Å². The maximum atomic E-state index is 14.8. The van der Waals surface area contributed by atoms with Crippen LogP contribution in [0.1, 0.15) is 31.2 Å². The highest BCUT2D eigenvalue weighted by Gasteiger charge is 2.29. The van der Waals surface area contributed by atoms with Crippen molar-refractivity contribution >= 4 is 27.3 Å². The molecule has 1 aliphatic heterocycles. The standard InChI is InChI=1S/C27H28ClF3N2O3S/c28-21-5-9-24(10-6-21)37(34,35)33(26-18-23(30)7-11-25(26)31)19-20-17-22(29)8-12-27(20)36-16-4-15-32-13-2-1-3-14-32/h5-12,17-18H,1-4,13-16,19H2. The lowest BCUT2D eigenvalue weighted by molar-refractivity contribution is 0.204. The Morgan fingerprint density at radius 3 is 2.30 bits per heavy atom. The lowest BCUT2D eigenvalue weighted by Gasteiger charge is -2.27. The van der Waals surface area contributed by atoms with Gasteiger partial charge in [-0.25, -0.2) is 21.6 Å². The Bertz CT molecular complexity index is 1320. The van der Waals surface area contributed by atoms with Crippen LogP contribution in [0.15, 0.2) is 65.6 Å². The first-order chi connectivity index (χ1) is 17.7. The highest BCUT2D eigenvalue weighted by Crippen LogP contribution is 2.32. The number of rotatable bonds is 10. The van der Waals surface area contributed by atoms with Crippen molar-refractivity contribution in [2.75, 3.05) is 30.5 Å². The van der Waals surface area contributed by atoms with Crippen molar-refractivity contribution < 1.29 is 26.3 Å². The Hall–Kier alpha value is -2.75. The van der Waals surface area contributed by atoms with Gasteiger partial charge in [0.05, 0.1) is 23.7 Å². The Balaban J connectivity index is 1.62. The van der Waals surface area contributed by atoms with E-state index in [0.29, 0.717) is 15.9 Å². The molecule has 0 saturated carbocycles. The summed E-state index contributed by atoms with van der Waals surface area (Å²) in [5, 5.41) is 0.313. The van der Waals surface area contributed by atoms with E-state index in [4.69, 9.17) is 16.3 Å².